The van der Waals surface area contributed by atoms with Crippen LogP contribution in [-0.4, -0.2) is 41.0 Å². The van der Waals surface area contributed by atoms with Crippen LogP contribution < -0.4 is 4.90 Å². The number of hydrazine groups is 1. The van der Waals surface area contributed by atoms with Gasteiger partial charge in [-0.25, -0.2) is 23.7 Å². The topological polar surface area (TPSA) is 43.9 Å². The average molecular weight is 404 g/mol. The van der Waals surface area contributed by atoms with Crippen LogP contribution in [0.25, 0.3) is 0 Å². The zero-order valence-corrected chi connectivity index (χ0v) is 15.4. The second-order valence-corrected chi connectivity index (χ2v) is 7.66. The van der Waals surface area contributed by atoms with Crippen LogP contribution in [0, 0.1) is 17.6 Å². The maximum atomic E-state index is 13.9. The molecule has 144 valence electrons. The fraction of sp³-hybridized carbons (Fsp3) is 0.300. The van der Waals surface area contributed by atoms with Crippen molar-refractivity contribution in [3.63, 3.8) is 0 Å². The summed E-state index contributed by atoms with van der Waals surface area (Å²) in [6.07, 6.45) is 0.873. The third kappa shape index (κ3) is 2.43. The number of amides is 2. The van der Waals surface area contributed by atoms with Gasteiger partial charge in [0, 0.05) is 13.1 Å². The van der Waals surface area contributed by atoms with Crippen LogP contribution in [0.15, 0.2) is 42.5 Å². The van der Waals surface area contributed by atoms with Gasteiger partial charge in [0.15, 0.2) is 0 Å². The molecule has 0 aromatic heterocycles. The van der Waals surface area contributed by atoms with Crippen molar-refractivity contribution in [2.45, 2.75) is 18.5 Å². The first kappa shape index (κ1) is 17.7. The molecule has 3 fully saturated rings. The first-order valence-corrected chi connectivity index (χ1v) is 9.46. The lowest BCUT2D eigenvalue weighted by Gasteiger charge is -2.29. The Balaban J connectivity index is 1.58. The van der Waals surface area contributed by atoms with E-state index in [0.29, 0.717) is 6.54 Å². The van der Waals surface area contributed by atoms with E-state index in [1.165, 1.54) is 24.3 Å². The molecule has 0 radical (unpaired) electrons. The van der Waals surface area contributed by atoms with Gasteiger partial charge in [-0.3, -0.25) is 9.59 Å². The van der Waals surface area contributed by atoms with Crippen LogP contribution in [0.4, 0.5) is 14.5 Å². The Bertz CT molecular complexity index is 984. The molecule has 2 aromatic rings. The van der Waals surface area contributed by atoms with Crippen molar-refractivity contribution in [1.29, 1.82) is 0 Å². The number of carbonyl (C=O) groups is 2. The number of hydrogen-bond donors (Lipinski definition) is 0. The molecule has 2 aromatic carbocycles. The van der Waals surface area contributed by atoms with Crippen LogP contribution in [-0.2, 0) is 9.59 Å². The van der Waals surface area contributed by atoms with E-state index in [4.69, 9.17) is 11.6 Å². The van der Waals surface area contributed by atoms with Gasteiger partial charge < -0.3 is 0 Å². The van der Waals surface area contributed by atoms with Gasteiger partial charge in [0.1, 0.15) is 17.7 Å². The monoisotopic (exact) mass is 403 g/mol. The summed E-state index contributed by atoms with van der Waals surface area (Å²) in [6, 6.07) is 8.94. The summed E-state index contributed by atoms with van der Waals surface area (Å²) in [7, 11) is 0. The fourth-order valence-corrected chi connectivity index (χ4v) is 4.77. The standard InChI is InChI=1S/C20H16ClF2N3O2/c21-14-7-6-13(10-15(14)23)26-19(27)16-17(11-2-4-12(22)5-3-11)24-8-1-9-25(24)18(16)20(26)28/h2-7,10,16-18H,1,8-9H2/t16-,17-,18+/m1/s1. The summed E-state index contributed by atoms with van der Waals surface area (Å²) in [5, 5.41) is 3.90. The minimum Gasteiger partial charge on any atom is -0.274 e. The van der Waals surface area contributed by atoms with Gasteiger partial charge in [-0.05, 0) is 42.3 Å². The molecule has 0 spiro atoms. The molecule has 0 N–H and O–H groups in total. The van der Waals surface area contributed by atoms with Crippen molar-refractivity contribution in [2.75, 3.05) is 18.0 Å². The van der Waals surface area contributed by atoms with E-state index >= 15 is 0 Å². The smallest absolute Gasteiger partial charge is 0.253 e. The van der Waals surface area contributed by atoms with Crippen molar-refractivity contribution in [2.24, 2.45) is 5.92 Å². The molecule has 0 saturated carbocycles. The number of benzene rings is 2. The molecule has 2 amide bonds. The highest BCUT2D eigenvalue weighted by molar-refractivity contribution is 6.31. The van der Waals surface area contributed by atoms with Gasteiger partial charge in [0.25, 0.3) is 5.91 Å². The Labute approximate surface area is 165 Å². The van der Waals surface area contributed by atoms with Gasteiger partial charge in [0.2, 0.25) is 5.91 Å². The molecule has 5 nitrogen and oxygen atoms in total. The molecule has 28 heavy (non-hydrogen) atoms. The number of imide groups is 1. The Hall–Kier alpha value is -2.35. The summed E-state index contributed by atoms with van der Waals surface area (Å²) >= 11 is 5.74. The first-order valence-electron chi connectivity index (χ1n) is 9.09. The lowest BCUT2D eigenvalue weighted by Crippen LogP contribution is -2.44. The molecule has 3 aliphatic rings. The average Bonchev–Trinajstić information content (AvgIpc) is 3.31. The number of carbonyl (C=O) groups excluding carboxylic acids is 2. The fourth-order valence-electron chi connectivity index (χ4n) is 4.65. The quantitative estimate of drug-likeness (QED) is 0.723. The minimum absolute atomic E-state index is 0.0713. The molecule has 3 saturated heterocycles. The van der Waals surface area contributed by atoms with Crippen LogP contribution >= 0.6 is 11.6 Å². The van der Waals surface area contributed by atoms with E-state index in [9.17, 15) is 18.4 Å². The summed E-state index contributed by atoms with van der Waals surface area (Å²) < 4.78 is 27.3. The minimum atomic E-state index is -0.685. The Morgan fingerprint density at radius 2 is 1.57 bits per heavy atom. The molecule has 5 rings (SSSR count). The lowest BCUT2D eigenvalue weighted by molar-refractivity contribution is -0.126. The summed E-state index contributed by atoms with van der Waals surface area (Å²) in [5.74, 6) is -2.41. The Morgan fingerprint density at radius 3 is 2.25 bits per heavy atom. The van der Waals surface area contributed by atoms with Crippen molar-refractivity contribution < 1.29 is 18.4 Å². The molecule has 0 bridgehead atoms. The highest BCUT2D eigenvalue weighted by Gasteiger charge is 2.62. The van der Waals surface area contributed by atoms with E-state index in [0.717, 1.165) is 29.5 Å². The molecule has 3 aliphatic heterocycles. The van der Waals surface area contributed by atoms with E-state index in [1.807, 2.05) is 10.0 Å². The van der Waals surface area contributed by atoms with Gasteiger partial charge in [-0.15, -0.1) is 0 Å². The number of anilines is 1. The zero-order valence-electron chi connectivity index (χ0n) is 14.7. The number of halogens is 3. The Kier molecular flexibility index (Phi) is 4.01. The maximum absolute atomic E-state index is 13.9. The van der Waals surface area contributed by atoms with Crippen molar-refractivity contribution in [3.8, 4) is 0 Å². The third-order valence-electron chi connectivity index (χ3n) is 5.78. The number of rotatable bonds is 2. The zero-order chi connectivity index (χ0) is 19.6. The van der Waals surface area contributed by atoms with Crippen molar-refractivity contribution in [1.82, 2.24) is 10.0 Å². The summed E-state index contributed by atoms with van der Waals surface area (Å²) in [4.78, 5) is 27.5. The van der Waals surface area contributed by atoms with Gasteiger partial charge in [0.05, 0.1) is 22.7 Å². The van der Waals surface area contributed by atoms with Crippen LogP contribution in [0.3, 0.4) is 0 Å². The predicted molar refractivity (Wildman–Crippen MR) is 98.4 cm³/mol. The van der Waals surface area contributed by atoms with Crippen molar-refractivity contribution >= 4 is 29.1 Å². The highest BCUT2D eigenvalue weighted by Crippen LogP contribution is 2.49. The van der Waals surface area contributed by atoms with Gasteiger partial charge in [-0.1, -0.05) is 23.7 Å². The summed E-state index contributed by atoms with van der Waals surface area (Å²) in [5.41, 5.74) is 0.959. The largest absolute Gasteiger partial charge is 0.274 e. The predicted octanol–water partition coefficient (Wildman–Crippen LogP) is 3.15. The second-order valence-electron chi connectivity index (χ2n) is 7.26. The van der Waals surface area contributed by atoms with Crippen LogP contribution in [0.1, 0.15) is 18.0 Å². The molecule has 0 unspecified atom stereocenters. The van der Waals surface area contributed by atoms with E-state index in [-0.39, 0.29) is 34.4 Å². The van der Waals surface area contributed by atoms with Gasteiger partial charge in [-0.2, -0.15) is 0 Å². The van der Waals surface area contributed by atoms with Crippen molar-refractivity contribution in [3.05, 3.63) is 64.7 Å². The normalized spacial score (nSPS) is 27.5. The lowest BCUT2D eigenvalue weighted by atomic mass is 9.90. The third-order valence-corrected chi connectivity index (χ3v) is 6.09. The SMILES string of the molecule is O=C1[C@H]2[C@@H](C(=O)N1c1ccc(Cl)c(F)c1)N1CCCN1[C@@H]2c1ccc(F)cc1. The summed E-state index contributed by atoms with van der Waals surface area (Å²) in [6.45, 7) is 1.39. The van der Waals surface area contributed by atoms with E-state index in [2.05, 4.69) is 0 Å². The highest BCUT2D eigenvalue weighted by atomic mass is 35.5. The molecule has 0 aliphatic carbocycles. The number of hydrogen-bond acceptors (Lipinski definition) is 4. The molecule has 3 atom stereocenters. The van der Waals surface area contributed by atoms with E-state index < -0.39 is 17.8 Å². The van der Waals surface area contributed by atoms with Gasteiger partial charge >= 0.3 is 0 Å². The molecular weight excluding hydrogens is 388 g/mol. The number of nitrogens with zero attached hydrogens (tertiary/aromatic N) is 3. The van der Waals surface area contributed by atoms with Crippen LogP contribution in [0.5, 0.6) is 0 Å². The molecular formula is C20H16ClF2N3O2. The molecule has 8 heteroatoms. The maximum Gasteiger partial charge on any atom is 0.253 e. The van der Waals surface area contributed by atoms with Crippen LogP contribution in [0.2, 0.25) is 5.02 Å². The first-order chi connectivity index (χ1) is 13.5. The second kappa shape index (κ2) is 6.34. The van der Waals surface area contributed by atoms with E-state index in [1.54, 1.807) is 12.1 Å². The molecule has 3 heterocycles. The Morgan fingerprint density at radius 1 is 0.893 bits per heavy atom. The number of fused-ring (bicyclic) bond motifs is 3.